The second-order valence-corrected chi connectivity index (χ2v) is 5.37. The van der Waals surface area contributed by atoms with Crippen molar-refractivity contribution in [1.82, 2.24) is 10.9 Å². The summed E-state index contributed by atoms with van der Waals surface area (Å²) in [5.41, 5.74) is 4.68. The molecule has 0 fully saturated rings. The monoisotopic (exact) mass is 388 g/mol. The number of amides is 1. The molecule has 3 atom stereocenters. The number of aliphatic hydroxyl groups excluding tert-OH is 4. The standard InChI is InChI=1S/C16H24N2O9/c1-25-11-4-8(5-12(26-2)15(11)27-3)16(24)18-17-6-9(20)13(22)14(23)10(21)7-19/h4-5,10,13-14,17,19,21-23H,6-7H2,1-3H3,(H,18,24)/t10-,13-,14-/m0/s1. The predicted molar refractivity (Wildman–Crippen MR) is 91.7 cm³/mol. The maximum Gasteiger partial charge on any atom is 0.265 e. The molecular weight excluding hydrogens is 364 g/mol. The van der Waals surface area contributed by atoms with Gasteiger partial charge in [-0.15, -0.1) is 0 Å². The van der Waals surface area contributed by atoms with Crippen LogP contribution < -0.4 is 25.1 Å². The highest BCUT2D eigenvalue weighted by atomic mass is 16.5. The zero-order valence-electron chi connectivity index (χ0n) is 15.1. The van der Waals surface area contributed by atoms with Crippen LogP contribution in [0.25, 0.3) is 0 Å². The van der Waals surface area contributed by atoms with Crippen LogP contribution in [0.5, 0.6) is 17.2 Å². The van der Waals surface area contributed by atoms with E-state index in [2.05, 4.69) is 10.9 Å². The van der Waals surface area contributed by atoms with Crippen molar-refractivity contribution in [2.75, 3.05) is 34.5 Å². The minimum Gasteiger partial charge on any atom is -0.493 e. The van der Waals surface area contributed by atoms with Crippen molar-refractivity contribution in [3.8, 4) is 17.2 Å². The first-order chi connectivity index (χ1) is 12.8. The third-order valence-electron chi connectivity index (χ3n) is 3.63. The van der Waals surface area contributed by atoms with Crippen LogP contribution in [-0.4, -0.2) is 84.9 Å². The Hall–Kier alpha value is -2.44. The lowest BCUT2D eigenvalue weighted by Crippen LogP contribution is -2.49. The SMILES string of the molecule is COc1cc(C(=O)NNCC(=O)[C@H](O)[C@@H](O)[C@@H](O)CO)cc(OC)c1OC. The van der Waals surface area contributed by atoms with Crippen molar-refractivity contribution in [2.45, 2.75) is 18.3 Å². The number of carbonyl (C=O) groups excluding carboxylic acids is 2. The van der Waals surface area contributed by atoms with E-state index >= 15 is 0 Å². The number of methoxy groups -OCH3 is 3. The number of nitrogens with one attached hydrogen (secondary N) is 2. The van der Waals surface area contributed by atoms with Crippen LogP contribution in [0, 0.1) is 0 Å². The third kappa shape index (κ3) is 5.77. The number of aliphatic hydroxyl groups is 4. The van der Waals surface area contributed by atoms with Gasteiger partial charge in [0.05, 0.1) is 34.5 Å². The first-order valence-electron chi connectivity index (χ1n) is 7.81. The van der Waals surface area contributed by atoms with Gasteiger partial charge in [-0.3, -0.25) is 15.0 Å². The zero-order valence-corrected chi connectivity index (χ0v) is 15.1. The molecular formula is C16H24N2O9. The second-order valence-electron chi connectivity index (χ2n) is 5.37. The summed E-state index contributed by atoms with van der Waals surface area (Å²) in [6, 6.07) is 2.80. The van der Waals surface area contributed by atoms with E-state index in [0.717, 1.165) is 0 Å². The third-order valence-corrected chi connectivity index (χ3v) is 3.63. The zero-order chi connectivity index (χ0) is 20.6. The van der Waals surface area contributed by atoms with E-state index in [1.54, 1.807) is 0 Å². The van der Waals surface area contributed by atoms with Gasteiger partial charge in [-0.25, -0.2) is 5.43 Å². The van der Waals surface area contributed by atoms with E-state index in [0.29, 0.717) is 5.75 Å². The van der Waals surface area contributed by atoms with E-state index in [9.17, 15) is 24.9 Å². The Morgan fingerprint density at radius 1 is 1.04 bits per heavy atom. The largest absolute Gasteiger partial charge is 0.493 e. The molecule has 1 aromatic rings. The highest BCUT2D eigenvalue weighted by molar-refractivity contribution is 5.95. The predicted octanol–water partition coefficient (Wildman–Crippen LogP) is -2.41. The average molecular weight is 388 g/mol. The van der Waals surface area contributed by atoms with E-state index in [1.165, 1.54) is 33.5 Å². The van der Waals surface area contributed by atoms with Gasteiger partial charge >= 0.3 is 0 Å². The topological polar surface area (TPSA) is 167 Å². The summed E-state index contributed by atoms with van der Waals surface area (Å²) in [6.07, 6.45) is -5.45. The maximum atomic E-state index is 12.2. The number of ether oxygens (including phenoxy) is 3. The first kappa shape index (κ1) is 22.6. The first-order valence-corrected chi connectivity index (χ1v) is 7.81. The van der Waals surface area contributed by atoms with Crippen molar-refractivity contribution in [3.05, 3.63) is 17.7 Å². The Labute approximate surface area is 155 Å². The minimum atomic E-state index is -1.93. The smallest absolute Gasteiger partial charge is 0.265 e. The Kier molecular flexibility index (Phi) is 8.91. The van der Waals surface area contributed by atoms with Crippen LogP contribution in [0.2, 0.25) is 0 Å². The molecule has 0 aliphatic heterocycles. The molecule has 152 valence electrons. The molecule has 1 aromatic carbocycles. The van der Waals surface area contributed by atoms with Crippen LogP contribution in [0.4, 0.5) is 0 Å². The summed E-state index contributed by atoms with van der Waals surface area (Å²) >= 11 is 0. The van der Waals surface area contributed by atoms with E-state index in [4.69, 9.17) is 19.3 Å². The number of benzene rings is 1. The van der Waals surface area contributed by atoms with Crippen LogP contribution in [0.15, 0.2) is 12.1 Å². The molecule has 27 heavy (non-hydrogen) atoms. The molecule has 1 rings (SSSR count). The summed E-state index contributed by atoms with van der Waals surface area (Å²) in [5.74, 6) is -0.712. The van der Waals surface area contributed by atoms with Gasteiger partial charge in [0.2, 0.25) is 5.75 Å². The molecule has 0 spiro atoms. The van der Waals surface area contributed by atoms with E-state index in [1.807, 2.05) is 0 Å². The molecule has 11 nitrogen and oxygen atoms in total. The van der Waals surface area contributed by atoms with Crippen LogP contribution in [0.1, 0.15) is 10.4 Å². The van der Waals surface area contributed by atoms with E-state index in [-0.39, 0.29) is 17.1 Å². The van der Waals surface area contributed by atoms with E-state index < -0.39 is 43.2 Å². The van der Waals surface area contributed by atoms with Crippen LogP contribution >= 0.6 is 0 Å². The lowest BCUT2D eigenvalue weighted by molar-refractivity contribution is -0.139. The number of hydrogen-bond donors (Lipinski definition) is 6. The molecule has 11 heteroatoms. The molecule has 0 unspecified atom stereocenters. The van der Waals surface area contributed by atoms with Crippen LogP contribution in [0.3, 0.4) is 0 Å². The van der Waals surface area contributed by atoms with Gasteiger partial charge in [-0.05, 0) is 12.1 Å². The normalized spacial score (nSPS) is 14.0. The number of ketones is 1. The lowest BCUT2D eigenvalue weighted by atomic mass is 10.1. The van der Waals surface area contributed by atoms with Crippen molar-refractivity contribution in [3.63, 3.8) is 0 Å². The summed E-state index contributed by atoms with van der Waals surface area (Å²) in [6.45, 7) is -1.36. The molecule has 0 saturated heterocycles. The number of carbonyl (C=O) groups is 2. The second kappa shape index (κ2) is 10.6. The fraction of sp³-hybridized carbons (Fsp3) is 0.500. The van der Waals surface area contributed by atoms with Crippen molar-refractivity contribution >= 4 is 11.7 Å². The van der Waals surface area contributed by atoms with Crippen LogP contribution in [-0.2, 0) is 4.79 Å². The van der Waals surface area contributed by atoms with Gasteiger partial charge in [0.25, 0.3) is 5.91 Å². The Morgan fingerprint density at radius 3 is 2.04 bits per heavy atom. The highest BCUT2D eigenvalue weighted by Crippen LogP contribution is 2.38. The van der Waals surface area contributed by atoms with Crippen molar-refractivity contribution < 1.29 is 44.2 Å². The van der Waals surface area contributed by atoms with Gasteiger partial charge in [-0.1, -0.05) is 0 Å². The van der Waals surface area contributed by atoms with Gasteiger partial charge < -0.3 is 34.6 Å². The number of hydrogen-bond acceptors (Lipinski definition) is 10. The molecule has 0 aliphatic rings. The van der Waals surface area contributed by atoms with Crippen molar-refractivity contribution in [1.29, 1.82) is 0 Å². The van der Waals surface area contributed by atoms with Gasteiger partial charge in [0, 0.05) is 5.56 Å². The Balaban J connectivity index is 2.71. The Morgan fingerprint density at radius 2 is 1.59 bits per heavy atom. The number of Topliss-reactive ketones (excluding diaryl/α,β-unsaturated/α-hetero) is 1. The molecule has 0 heterocycles. The highest BCUT2D eigenvalue weighted by Gasteiger charge is 2.29. The van der Waals surface area contributed by atoms with Gasteiger partial charge in [0.15, 0.2) is 17.3 Å². The number of rotatable bonds is 11. The molecule has 1 amide bonds. The molecule has 0 saturated carbocycles. The fourth-order valence-corrected chi connectivity index (χ4v) is 2.11. The average Bonchev–Trinajstić information content (AvgIpc) is 2.70. The summed E-state index contributed by atoms with van der Waals surface area (Å²) in [5, 5.41) is 37.0. The Bertz CT molecular complexity index is 628. The molecule has 0 aliphatic carbocycles. The molecule has 0 bridgehead atoms. The number of hydrazine groups is 1. The van der Waals surface area contributed by atoms with Crippen molar-refractivity contribution in [2.24, 2.45) is 0 Å². The van der Waals surface area contributed by atoms with Gasteiger partial charge in [-0.2, -0.15) is 0 Å². The molecule has 0 aromatic heterocycles. The quantitative estimate of drug-likeness (QED) is 0.225. The van der Waals surface area contributed by atoms with Gasteiger partial charge in [0.1, 0.15) is 18.3 Å². The lowest BCUT2D eigenvalue weighted by Gasteiger charge is -2.20. The summed E-state index contributed by atoms with van der Waals surface area (Å²) in [7, 11) is 4.20. The summed E-state index contributed by atoms with van der Waals surface area (Å²) < 4.78 is 15.4. The minimum absolute atomic E-state index is 0.140. The maximum absolute atomic E-state index is 12.2. The molecule has 6 N–H and O–H groups in total. The fourth-order valence-electron chi connectivity index (χ4n) is 2.11. The molecule has 0 radical (unpaired) electrons. The summed E-state index contributed by atoms with van der Waals surface area (Å²) in [4.78, 5) is 23.9.